The van der Waals surface area contributed by atoms with Gasteiger partial charge in [0, 0.05) is 47.5 Å². The Bertz CT molecular complexity index is 1930. The summed E-state index contributed by atoms with van der Waals surface area (Å²) in [7, 11) is -6.01. The molecule has 4 N–H and O–H groups in total. The summed E-state index contributed by atoms with van der Waals surface area (Å²) in [6.07, 6.45) is 9.70. The molecule has 0 radical (unpaired) electrons. The molecule has 3 aromatic heterocycles. The van der Waals surface area contributed by atoms with Crippen LogP contribution in [0.2, 0.25) is 36.3 Å². The zero-order valence-electron chi connectivity index (χ0n) is 46.1. The van der Waals surface area contributed by atoms with Gasteiger partial charge in [0.2, 0.25) is 17.6 Å². The normalized spacial score (nSPS) is 13.8. The Morgan fingerprint density at radius 1 is 0.690 bits per heavy atom. The molecule has 0 aromatic carbocycles. The van der Waals surface area contributed by atoms with Gasteiger partial charge in [-0.25, -0.2) is 28.1 Å². The lowest BCUT2D eigenvalue weighted by Gasteiger charge is -2.37. The average Bonchev–Trinajstić information content (AvgIpc) is 3.26. The molecule has 20 heteroatoms. The van der Waals surface area contributed by atoms with Crippen LogP contribution in [-0.2, 0) is 30.8 Å². The molecule has 4 atom stereocenters. The predicted molar refractivity (Wildman–Crippen MR) is 312 cm³/mol. The van der Waals surface area contributed by atoms with Crippen LogP contribution in [-0.4, -0.2) is 100 Å². The van der Waals surface area contributed by atoms with Crippen LogP contribution < -0.4 is 24.7 Å². The first-order valence-corrected chi connectivity index (χ1v) is 32.8. The third kappa shape index (κ3) is 30.7. The van der Waals surface area contributed by atoms with Crippen molar-refractivity contribution in [2.24, 2.45) is 10.1 Å². The Balaban J connectivity index is -0.000000910. The number of pyridine rings is 3. The van der Waals surface area contributed by atoms with E-state index in [0.717, 1.165) is 41.5 Å². The Labute approximate surface area is 453 Å². The van der Waals surface area contributed by atoms with E-state index < -0.39 is 38.6 Å². The van der Waals surface area contributed by atoms with Gasteiger partial charge >= 0.3 is 0 Å². The second kappa shape index (κ2) is 35.2. The first-order valence-electron chi connectivity index (χ1n) is 23.9. The van der Waals surface area contributed by atoms with Crippen LogP contribution in [0.4, 0.5) is 0 Å². The van der Waals surface area contributed by atoms with Gasteiger partial charge in [-0.05, 0) is 130 Å². The van der Waals surface area contributed by atoms with E-state index >= 15 is 0 Å². The molecule has 14 nitrogen and oxygen atoms in total. The molecule has 71 heavy (non-hydrogen) atoms. The monoisotopic (exact) mass is 1150 g/mol. The number of hydrogen-bond acceptors (Lipinski definition) is 12. The Morgan fingerprint density at radius 3 is 1.44 bits per heavy atom. The molecule has 0 spiro atoms. The number of ether oxygens (including phenoxy) is 3. The number of rotatable bonds is 21. The van der Waals surface area contributed by atoms with E-state index in [2.05, 4.69) is 122 Å². The highest BCUT2D eigenvalue weighted by Gasteiger charge is 2.38. The minimum absolute atomic E-state index is 0. The molecule has 3 rings (SSSR count). The van der Waals surface area contributed by atoms with Crippen LogP contribution in [0.1, 0.15) is 154 Å². The smallest absolute Gasteiger partial charge is 0.213 e. The molecule has 0 aliphatic heterocycles. The molecular formula is C51H96BrClN6O8S2Si2. The van der Waals surface area contributed by atoms with E-state index in [4.69, 9.17) is 33.9 Å². The highest BCUT2D eigenvalue weighted by molar-refractivity contribution is 9.10. The molecule has 3 aromatic rings. The van der Waals surface area contributed by atoms with E-state index in [1.54, 1.807) is 30.9 Å². The van der Waals surface area contributed by atoms with E-state index in [-0.39, 0.29) is 58.1 Å². The van der Waals surface area contributed by atoms with E-state index in [0.29, 0.717) is 44.1 Å². The third-order valence-corrected chi connectivity index (χ3v) is 23.3. The van der Waals surface area contributed by atoms with E-state index in [1.807, 2.05) is 78.8 Å². The number of hydrogen-bond donors (Lipinski definition) is 3. The minimum Gasteiger partial charge on any atom is -0.478 e. The summed E-state index contributed by atoms with van der Waals surface area (Å²) < 4.78 is 60.4. The van der Waals surface area contributed by atoms with Crippen molar-refractivity contribution in [3.05, 3.63) is 70.6 Å². The van der Waals surface area contributed by atoms with Gasteiger partial charge in [0.05, 0.1) is 72.2 Å². The van der Waals surface area contributed by atoms with Crippen molar-refractivity contribution in [3.63, 3.8) is 0 Å². The average molecular weight is 1160 g/mol. The molecule has 0 aliphatic rings. The van der Waals surface area contributed by atoms with Crippen molar-refractivity contribution in [1.29, 1.82) is 0 Å². The molecule has 0 bridgehead atoms. The van der Waals surface area contributed by atoms with Crippen LogP contribution in [0, 0.1) is 0 Å². The van der Waals surface area contributed by atoms with Crippen molar-refractivity contribution < 1.29 is 36.6 Å². The summed E-state index contributed by atoms with van der Waals surface area (Å²) in [4.78, 5) is 12.5. The van der Waals surface area contributed by atoms with Gasteiger partial charge in [-0.2, -0.15) is 4.40 Å². The van der Waals surface area contributed by atoms with Crippen LogP contribution in [0.3, 0.4) is 0 Å². The molecular weight excluding hydrogens is 1060 g/mol. The van der Waals surface area contributed by atoms with Gasteiger partial charge in [-0.15, -0.1) is 12.4 Å². The summed E-state index contributed by atoms with van der Waals surface area (Å²) in [6.45, 7) is 42.8. The quantitative estimate of drug-likeness (QED) is 0.0677. The molecule has 0 unspecified atom stereocenters. The van der Waals surface area contributed by atoms with Crippen LogP contribution in [0.15, 0.2) is 63.9 Å². The fourth-order valence-electron chi connectivity index (χ4n) is 4.28. The van der Waals surface area contributed by atoms with Gasteiger partial charge in [0.25, 0.3) is 0 Å². The van der Waals surface area contributed by atoms with Crippen LogP contribution >= 0.6 is 28.3 Å². The lowest BCUT2D eigenvalue weighted by Crippen LogP contribution is -2.44. The maximum atomic E-state index is 12.7. The largest absolute Gasteiger partial charge is 0.478 e. The van der Waals surface area contributed by atoms with Crippen molar-refractivity contribution >= 4 is 73.2 Å². The van der Waals surface area contributed by atoms with Gasteiger partial charge in [-0.1, -0.05) is 81.9 Å². The first-order chi connectivity index (χ1) is 31.8. The first kappa shape index (κ1) is 73.1. The lowest BCUT2D eigenvalue weighted by molar-refractivity contribution is 0.257. The third-order valence-electron chi connectivity index (χ3n) is 10.8. The number of aliphatic hydroxyl groups is 1. The maximum absolute atomic E-state index is 12.7. The summed E-state index contributed by atoms with van der Waals surface area (Å²) in [5.74, 6) is 1.90. The molecule has 0 aliphatic carbocycles. The molecule has 0 amide bonds. The Kier molecular flexibility index (Phi) is 36.2. The predicted octanol–water partition coefficient (Wildman–Crippen LogP) is 13.1. The number of nitrogens with two attached hydrogens (primary N) is 1. The minimum atomic E-state index is -1.91. The molecule has 0 saturated carbocycles. The Morgan fingerprint density at radius 2 is 1.10 bits per heavy atom. The highest BCUT2D eigenvalue weighted by Crippen LogP contribution is 2.38. The summed E-state index contributed by atoms with van der Waals surface area (Å²) in [5, 5.41) is 9.14. The molecule has 412 valence electrons. The fraction of sp³-hybridized carbons (Fsp3) is 0.686. The lowest BCUT2D eigenvalue weighted by atomic mass is 10.1. The molecule has 0 fully saturated rings. The zero-order valence-corrected chi connectivity index (χ0v) is 52.1. The fourth-order valence-corrected chi connectivity index (χ4v) is 7.79. The van der Waals surface area contributed by atoms with Gasteiger partial charge in [0.15, 0.2) is 16.6 Å². The van der Waals surface area contributed by atoms with Gasteiger partial charge in [0.1, 0.15) is 11.0 Å². The van der Waals surface area contributed by atoms with Crippen molar-refractivity contribution in [2.45, 2.75) is 188 Å². The SMILES string of the molecule is C.CC(C)(C)[S@@](=O)N=CCO[Si](C)(C)C(C)(C)C.CCCOc1ccc(Br)cn1.CCCOc1ccc([C@@H](N)CO)cn1.CCCOc1ccc([C@H](CO[Si](C)(C)C(C)(C)C)N[S@](=O)C(C)(C)C)cn1.Cl. The van der Waals surface area contributed by atoms with Crippen molar-refractivity contribution in [1.82, 2.24) is 19.7 Å². The summed E-state index contributed by atoms with van der Waals surface area (Å²) >= 11 is 3.30. The standard InChI is InChI=1S/C20H38N2O3SSi.C12H27NO2SSi.C10H16N2O2.C8H10BrNO.CH4.ClH/c1-10-13-24-18-12-11-16(14-21-18)17(22-26(23)19(2,3)4)15-25-27(8,9)20(5,6)7;1-11(2,3)16(14)13-9-10-15-17(7,8)12(4,5)6;1-2-5-14-10-4-3-8(6-12-10)9(11)7-13;1-2-5-11-8-4-3-7(9)6-10-8;;/h11-12,14,17,22H,10,13,15H2,1-9H3;9H,10H2,1-8H3;3-4,6,9,13H,2,5,7,11H2,1H3;3-4,6H,2,5H2,1H3;1H4;1H/t17-,26+;16-;9-;;;/m010.../s1. The van der Waals surface area contributed by atoms with E-state index in [1.165, 1.54) is 0 Å². The number of nitrogens with zero attached hydrogens (tertiary/aromatic N) is 4. The van der Waals surface area contributed by atoms with Crippen molar-refractivity contribution in [2.75, 3.05) is 39.6 Å². The zero-order chi connectivity index (χ0) is 53.3. The number of halogens is 2. The van der Waals surface area contributed by atoms with E-state index in [9.17, 15) is 8.42 Å². The van der Waals surface area contributed by atoms with Gasteiger partial charge in [-0.3, -0.25) is 0 Å². The summed E-state index contributed by atoms with van der Waals surface area (Å²) in [5.41, 5.74) is 7.38. The number of aromatic nitrogens is 3. The number of nitrogens with one attached hydrogen (secondary N) is 1. The maximum Gasteiger partial charge on any atom is 0.213 e. The summed E-state index contributed by atoms with van der Waals surface area (Å²) in [6, 6.07) is 10.6. The van der Waals surface area contributed by atoms with Crippen molar-refractivity contribution in [3.8, 4) is 17.6 Å². The number of aliphatic hydroxyl groups excluding tert-OH is 1. The topological polar surface area (TPSA) is 190 Å². The highest BCUT2D eigenvalue weighted by atomic mass is 79.9. The van der Waals surface area contributed by atoms with Gasteiger partial charge < -0.3 is 33.9 Å². The second-order valence-corrected chi connectivity index (χ2v) is 35.8. The van der Waals surface area contributed by atoms with Crippen LogP contribution in [0.5, 0.6) is 17.6 Å². The second-order valence-electron chi connectivity index (χ2n) is 21.4. The molecule has 3 heterocycles. The van der Waals surface area contributed by atoms with Crippen LogP contribution in [0.25, 0.3) is 0 Å². The molecule has 0 saturated heterocycles. The Hall–Kier alpha value is -2.18.